The largest absolute Gasteiger partial charge is 0.286 e. The molecule has 170 valence electrons. The van der Waals surface area contributed by atoms with E-state index in [1.54, 1.807) is 0 Å². The van der Waals surface area contributed by atoms with Crippen molar-refractivity contribution in [3.8, 4) is 11.1 Å². The number of hydrogen-bond donors (Lipinski definition) is 0. The molecule has 0 N–H and O–H groups in total. The summed E-state index contributed by atoms with van der Waals surface area (Å²) in [6.07, 6.45) is 14.7. The summed E-state index contributed by atoms with van der Waals surface area (Å²) in [5, 5.41) is 2.32. The molecular formula is C32H31NO. The van der Waals surface area contributed by atoms with E-state index in [4.69, 9.17) is 4.42 Å². The minimum absolute atomic E-state index is 0.807. The van der Waals surface area contributed by atoms with Gasteiger partial charge < -0.3 is 0 Å². The molecule has 2 nitrogen and oxygen atoms in total. The topological polar surface area (TPSA) is 14.3 Å². The van der Waals surface area contributed by atoms with Crippen molar-refractivity contribution in [1.82, 2.24) is 0 Å². The van der Waals surface area contributed by atoms with Crippen LogP contribution in [0.25, 0.3) is 33.1 Å². The third-order valence-electron chi connectivity index (χ3n) is 7.56. The molecule has 2 heterocycles. The number of benzene rings is 3. The first-order valence-corrected chi connectivity index (χ1v) is 12.5. The predicted molar refractivity (Wildman–Crippen MR) is 142 cm³/mol. The van der Waals surface area contributed by atoms with Crippen molar-refractivity contribution >= 4 is 28.7 Å². The number of rotatable bonds is 4. The Balaban J connectivity index is 1.43. The zero-order valence-electron chi connectivity index (χ0n) is 19.9. The molecule has 3 aromatic carbocycles. The lowest BCUT2D eigenvalue weighted by atomic mass is 9.83. The lowest BCUT2D eigenvalue weighted by Gasteiger charge is -2.25. The smallest absolute Gasteiger partial charge is 0.279 e. The summed E-state index contributed by atoms with van der Waals surface area (Å²) >= 11 is 0. The maximum atomic E-state index is 6.58. The molecule has 1 aliphatic carbocycles. The van der Waals surface area contributed by atoms with Gasteiger partial charge in [0.1, 0.15) is 6.20 Å². The Morgan fingerprint density at radius 2 is 1.79 bits per heavy atom. The average Bonchev–Trinajstić information content (AvgIpc) is 3.24. The first-order valence-electron chi connectivity index (χ1n) is 12.5. The number of aryl methyl sites for hydroxylation is 1. The third-order valence-corrected chi connectivity index (χ3v) is 7.56. The Labute approximate surface area is 201 Å². The Kier molecular flexibility index (Phi) is 5.37. The van der Waals surface area contributed by atoms with E-state index < -0.39 is 0 Å². The Morgan fingerprint density at radius 1 is 0.971 bits per heavy atom. The van der Waals surface area contributed by atoms with E-state index in [0.717, 1.165) is 45.9 Å². The molecule has 34 heavy (non-hydrogen) atoms. The summed E-state index contributed by atoms with van der Waals surface area (Å²) in [6, 6.07) is 22.6. The molecule has 2 aliphatic rings. The van der Waals surface area contributed by atoms with Crippen LogP contribution in [-0.2, 0) is 0 Å². The molecule has 0 bridgehead atoms. The van der Waals surface area contributed by atoms with E-state index in [2.05, 4.69) is 92.7 Å². The van der Waals surface area contributed by atoms with Gasteiger partial charge in [-0.05, 0) is 35.3 Å². The highest BCUT2D eigenvalue weighted by Gasteiger charge is 2.27. The van der Waals surface area contributed by atoms with Crippen LogP contribution in [0.2, 0.25) is 0 Å². The number of furan rings is 1. The van der Waals surface area contributed by atoms with Crippen molar-refractivity contribution in [2.24, 2.45) is 5.92 Å². The summed E-state index contributed by atoms with van der Waals surface area (Å²) in [5.74, 6) is 0.807. The summed E-state index contributed by atoms with van der Waals surface area (Å²) in [4.78, 5) is 0. The Bertz CT molecular complexity index is 1430. The number of nitrogens with zero attached hydrogens (tertiary/aromatic N) is 1. The van der Waals surface area contributed by atoms with E-state index in [-0.39, 0.29) is 0 Å². The zero-order chi connectivity index (χ0) is 23.1. The Morgan fingerprint density at radius 3 is 2.62 bits per heavy atom. The van der Waals surface area contributed by atoms with Crippen molar-refractivity contribution in [1.29, 1.82) is 0 Å². The van der Waals surface area contributed by atoms with Crippen molar-refractivity contribution < 1.29 is 8.99 Å². The minimum atomic E-state index is 0.807. The van der Waals surface area contributed by atoms with Gasteiger partial charge in [0.15, 0.2) is 6.04 Å². The lowest BCUT2D eigenvalue weighted by Crippen LogP contribution is -2.17. The van der Waals surface area contributed by atoms with Gasteiger partial charge in [-0.25, -0.2) is 0 Å². The van der Waals surface area contributed by atoms with Gasteiger partial charge in [0.2, 0.25) is 0 Å². The van der Waals surface area contributed by atoms with Crippen LogP contribution in [0.3, 0.4) is 0 Å². The first-order chi connectivity index (χ1) is 16.7. The van der Waals surface area contributed by atoms with Gasteiger partial charge in [-0.15, -0.1) is 12.1 Å². The summed E-state index contributed by atoms with van der Waals surface area (Å²) in [5.41, 5.74) is 8.02. The molecule has 0 saturated heterocycles. The number of fused-ring (bicyclic) bond motifs is 3. The second kappa shape index (κ2) is 8.68. The summed E-state index contributed by atoms with van der Waals surface area (Å²) in [7, 11) is 0. The Hall–Kier alpha value is -3.52. The van der Waals surface area contributed by atoms with Crippen LogP contribution >= 0.6 is 0 Å². The predicted octanol–water partition coefficient (Wildman–Crippen LogP) is 8.58. The molecular weight excluding hydrogens is 414 g/mol. The van der Waals surface area contributed by atoms with E-state index in [1.807, 2.05) is 4.58 Å². The maximum absolute atomic E-state index is 6.58. The van der Waals surface area contributed by atoms with Gasteiger partial charge >= 0.3 is 0 Å². The van der Waals surface area contributed by atoms with Crippen molar-refractivity contribution in [3.05, 3.63) is 102 Å². The fraction of sp³-hybridized carbons (Fsp3) is 0.250. The maximum Gasteiger partial charge on any atom is 0.279 e. The van der Waals surface area contributed by atoms with Gasteiger partial charge in [0.25, 0.3) is 11.2 Å². The first kappa shape index (κ1) is 21.0. The van der Waals surface area contributed by atoms with Crippen LogP contribution in [0, 0.1) is 18.9 Å². The van der Waals surface area contributed by atoms with Crippen LogP contribution in [0.15, 0.2) is 89.0 Å². The van der Waals surface area contributed by atoms with Crippen molar-refractivity contribution in [2.45, 2.75) is 45.4 Å². The second-order valence-electron chi connectivity index (χ2n) is 9.91. The van der Waals surface area contributed by atoms with E-state index in [9.17, 15) is 0 Å². The molecule has 0 atom stereocenters. The molecule has 1 saturated carbocycles. The summed E-state index contributed by atoms with van der Waals surface area (Å²) in [6.45, 7) is 6.49. The molecule has 2 heteroatoms. The van der Waals surface area contributed by atoms with Crippen LogP contribution in [-0.4, -0.2) is 11.3 Å². The van der Waals surface area contributed by atoms with E-state index >= 15 is 0 Å². The van der Waals surface area contributed by atoms with Gasteiger partial charge in [0.05, 0.1) is 12.3 Å². The zero-order valence-corrected chi connectivity index (χ0v) is 19.9. The third kappa shape index (κ3) is 3.77. The van der Waals surface area contributed by atoms with Crippen LogP contribution < -0.4 is 0 Å². The van der Waals surface area contributed by atoms with E-state index in [1.165, 1.54) is 54.4 Å². The lowest BCUT2D eigenvalue weighted by molar-refractivity contribution is -0.418. The van der Waals surface area contributed by atoms with Gasteiger partial charge in [0, 0.05) is 0 Å². The SMILES string of the molecule is C=[N+]1C=CC(CC2CCCCC2)=C[C-]1c1c(C)ccc2c1[o+][c-]1cc(-c3ccccc3)ccc21. The fourth-order valence-corrected chi connectivity index (χ4v) is 5.71. The normalized spacial score (nSPS) is 17.0. The average molecular weight is 446 g/mol. The number of allylic oxidation sites excluding steroid dienone is 2. The van der Waals surface area contributed by atoms with Gasteiger partial charge in [-0.1, -0.05) is 110 Å². The van der Waals surface area contributed by atoms with Crippen LogP contribution in [0.5, 0.6) is 0 Å². The standard InChI is InChI=1S/C32H31NO/c1-22-13-15-28-27-16-14-26(25-11-7-4-8-12-25)21-30(27)34-32(28)31(22)29-20-24(17-18-33(29)2)19-23-9-5-3-6-10-23/h4,7-8,11-18,20-21,23H,2-3,5-6,9-10,19H2,1H3. The fourth-order valence-electron chi connectivity index (χ4n) is 5.71. The van der Waals surface area contributed by atoms with Gasteiger partial charge in [-0.2, -0.15) is 0 Å². The van der Waals surface area contributed by atoms with Crippen molar-refractivity contribution in [2.75, 3.05) is 0 Å². The molecule has 1 aliphatic heterocycles. The molecule has 1 fully saturated rings. The van der Waals surface area contributed by atoms with Crippen LogP contribution in [0.1, 0.15) is 49.7 Å². The molecule has 6 rings (SSSR count). The molecule has 0 amide bonds. The van der Waals surface area contributed by atoms with Gasteiger partial charge in [-0.3, -0.25) is 8.99 Å². The molecule has 0 spiro atoms. The molecule has 4 aromatic rings. The molecule has 0 radical (unpaired) electrons. The molecule has 0 unspecified atom stereocenters. The molecule has 1 aromatic heterocycles. The quantitative estimate of drug-likeness (QED) is 0.174. The number of hydrogen-bond acceptors (Lipinski definition) is 0. The van der Waals surface area contributed by atoms with Crippen LogP contribution in [0.4, 0.5) is 0 Å². The highest BCUT2D eigenvalue weighted by molar-refractivity contribution is 6.07. The summed E-state index contributed by atoms with van der Waals surface area (Å²) < 4.78 is 8.58. The van der Waals surface area contributed by atoms with Crippen molar-refractivity contribution in [3.63, 3.8) is 0 Å². The minimum Gasteiger partial charge on any atom is -0.286 e. The highest BCUT2D eigenvalue weighted by atomic mass is 16.3. The second-order valence-corrected chi connectivity index (χ2v) is 9.91. The monoisotopic (exact) mass is 445 g/mol. The highest BCUT2D eigenvalue weighted by Crippen LogP contribution is 2.40. The van der Waals surface area contributed by atoms with E-state index in [0.29, 0.717) is 0 Å².